The Morgan fingerprint density at radius 1 is 1.36 bits per heavy atom. The highest BCUT2D eigenvalue weighted by atomic mass is 35.5. The number of amides is 1. The molecule has 2 rings (SSSR count). The van der Waals surface area contributed by atoms with Crippen LogP contribution in [0.1, 0.15) is 54.2 Å². The van der Waals surface area contributed by atoms with Crippen molar-refractivity contribution in [3.8, 4) is 0 Å². The number of Topliss-reactive ketones (excluding diaryl/α,β-unsaturated/α-hetero) is 1. The third-order valence-electron chi connectivity index (χ3n) is 3.99. The first-order valence-corrected chi connectivity index (χ1v) is 7.76. The van der Waals surface area contributed by atoms with E-state index in [-0.39, 0.29) is 17.6 Å². The van der Waals surface area contributed by atoms with Gasteiger partial charge in [0.2, 0.25) is 0 Å². The Morgan fingerprint density at radius 2 is 2.05 bits per heavy atom. The summed E-state index contributed by atoms with van der Waals surface area (Å²) in [7, 11) is 1.61. The Morgan fingerprint density at radius 3 is 2.64 bits per heavy atom. The predicted molar refractivity (Wildman–Crippen MR) is 89.8 cm³/mol. The molecule has 1 heterocycles. The van der Waals surface area contributed by atoms with Gasteiger partial charge in [-0.15, -0.1) is 0 Å². The Labute approximate surface area is 135 Å². The lowest BCUT2D eigenvalue weighted by atomic mass is 9.92. The number of hydrogen-bond acceptors (Lipinski definition) is 2. The maximum atomic E-state index is 12.2. The van der Waals surface area contributed by atoms with Crippen molar-refractivity contribution in [3.05, 3.63) is 34.0 Å². The molecule has 0 aliphatic carbocycles. The standard InChI is InChI=1S/C17H21ClN2O2/c1-9(5-6-11(3)21)15-12-7-10(2)13(18)8-14(12)20-16(15)17(22)19-4/h7-9,20H,5-6H2,1-4H3,(H,19,22)/t9-/m1/s1. The number of ketones is 1. The zero-order chi connectivity index (χ0) is 16.4. The summed E-state index contributed by atoms with van der Waals surface area (Å²) in [6, 6.07) is 3.85. The van der Waals surface area contributed by atoms with Gasteiger partial charge in [0.1, 0.15) is 11.5 Å². The van der Waals surface area contributed by atoms with Crippen LogP contribution < -0.4 is 5.32 Å². The fraction of sp³-hybridized carbons (Fsp3) is 0.412. The molecule has 0 bridgehead atoms. The van der Waals surface area contributed by atoms with Gasteiger partial charge in [-0.1, -0.05) is 18.5 Å². The topological polar surface area (TPSA) is 62.0 Å². The van der Waals surface area contributed by atoms with Gasteiger partial charge < -0.3 is 15.1 Å². The molecule has 0 saturated heterocycles. The summed E-state index contributed by atoms with van der Waals surface area (Å²) in [6.07, 6.45) is 1.22. The first-order chi connectivity index (χ1) is 10.3. The maximum Gasteiger partial charge on any atom is 0.267 e. The highest BCUT2D eigenvalue weighted by Crippen LogP contribution is 2.34. The normalized spacial score (nSPS) is 12.4. The molecule has 2 aromatic rings. The average Bonchev–Trinajstić information content (AvgIpc) is 2.82. The molecular weight excluding hydrogens is 300 g/mol. The molecule has 1 aromatic heterocycles. The number of benzene rings is 1. The summed E-state index contributed by atoms with van der Waals surface area (Å²) in [6.45, 7) is 5.58. The lowest BCUT2D eigenvalue weighted by Gasteiger charge is -2.12. The Balaban J connectivity index is 2.58. The van der Waals surface area contributed by atoms with Crippen LogP contribution in [0.5, 0.6) is 0 Å². The van der Waals surface area contributed by atoms with Crippen LogP contribution in [-0.4, -0.2) is 23.7 Å². The van der Waals surface area contributed by atoms with Crippen LogP contribution in [0, 0.1) is 6.92 Å². The van der Waals surface area contributed by atoms with E-state index < -0.39 is 0 Å². The molecule has 0 radical (unpaired) electrons. The van der Waals surface area contributed by atoms with E-state index >= 15 is 0 Å². The summed E-state index contributed by atoms with van der Waals surface area (Å²) in [5, 5.41) is 4.33. The second-order valence-corrected chi connectivity index (χ2v) is 6.19. The van der Waals surface area contributed by atoms with Crippen LogP contribution in [-0.2, 0) is 4.79 Å². The molecule has 2 N–H and O–H groups in total. The van der Waals surface area contributed by atoms with E-state index in [1.54, 1.807) is 14.0 Å². The van der Waals surface area contributed by atoms with Crippen molar-refractivity contribution in [2.24, 2.45) is 0 Å². The van der Waals surface area contributed by atoms with Crippen molar-refractivity contribution in [1.29, 1.82) is 0 Å². The molecule has 5 heteroatoms. The SMILES string of the molecule is CNC(=O)c1[nH]c2cc(Cl)c(C)cc2c1[C@H](C)CCC(C)=O. The van der Waals surface area contributed by atoms with E-state index in [0.717, 1.165) is 22.0 Å². The summed E-state index contributed by atoms with van der Waals surface area (Å²) < 4.78 is 0. The Kier molecular flexibility index (Phi) is 4.91. The van der Waals surface area contributed by atoms with Crippen molar-refractivity contribution in [3.63, 3.8) is 0 Å². The first-order valence-electron chi connectivity index (χ1n) is 7.38. The van der Waals surface area contributed by atoms with Crippen molar-refractivity contribution in [2.75, 3.05) is 7.05 Å². The highest BCUT2D eigenvalue weighted by molar-refractivity contribution is 6.32. The van der Waals surface area contributed by atoms with Crippen LogP contribution in [0.3, 0.4) is 0 Å². The fourth-order valence-corrected chi connectivity index (χ4v) is 2.89. The minimum absolute atomic E-state index is 0.102. The van der Waals surface area contributed by atoms with E-state index in [9.17, 15) is 9.59 Å². The number of carbonyl (C=O) groups excluding carboxylic acids is 2. The third kappa shape index (κ3) is 3.17. The van der Waals surface area contributed by atoms with Gasteiger partial charge in [0.05, 0.1) is 0 Å². The summed E-state index contributed by atoms with van der Waals surface area (Å²) in [5.74, 6) is 0.104. The molecule has 4 nitrogen and oxygen atoms in total. The van der Waals surface area contributed by atoms with Gasteiger partial charge in [-0.05, 0) is 49.4 Å². The summed E-state index contributed by atoms with van der Waals surface area (Å²) in [4.78, 5) is 26.6. The molecule has 0 saturated carbocycles. The number of nitrogens with one attached hydrogen (secondary N) is 2. The van der Waals surface area contributed by atoms with Crippen LogP contribution in [0.4, 0.5) is 0 Å². The van der Waals surface area contributed by atoms with Gasteiger partial charge in [0.25, 0.3) is 5.91 Å². The van der Waals surface area contributed by atoms with Gasteiger partial charge in [-0.2, -0.15) is 0 Å². The van der Waals surface area contributed by atoms with E-state index in [2.05, 4.69) is 10.3 Å². The van der Waals surface area contributed by atoms with Gasteiger partial charge in [-0.25, -0.2) is 0 Å². The monoisotopic (exact) mass is 320 g/mol. The van der Waals surface area contributed by atoms with E-state index in [1.807, 2.05) is 26.0 Å². The number of hydrogen-bond donors (Lipinski definition) is 2. The van der Waals surface area contributed by atoms with Crippen LogP contribution in [0.2, 0.25) is 5.02 Å². The molecule has 22 heavy (non-hydrogen) atoms. The number of carbonyl (C=O) groups is 2. The van der Waals surface area contributed by atoms with E-state index in [4.69, 9.17) is 11.6 Å². The molecule has 1 atom stereocenters. The molecule has 0 aliphatic rings. The second-order valence-electron chi connectivity index (χ2n) is 5.78. The molecule has 0 spiro atoms. The molecule has 0 aliphatic heterocycles. The highest BCUT2D eigenvalue weighted by Gasteiger charge is 2.22. The minimum atomic E-state index is -0.158. The maximum absolute atomic E-state index is 12.2. The quantitative estimate of drug-likeness (QED) is 0.875. The Hall–Kier alpha value is -1.81. The van der Waals surface area contributed by atoms with Gasteiger partial charge in [-0.3, -0.25) is 4.79 Å². The summed E-state index contributed by atoms with van der Waals surface area (Å²) in [5.41, 5.74) is 3.32. The summed E-state index contributed by atoms with van der Waals surface area (Å²) >= 11 is 6.18. The van der Waals surface area contributed by atoms with Crippen LogP contribution in [0.25, 0.3) is 10.9 Å². The van der Waals surface area contributed by atoms with Crippen LogP contribution >= 0.6 is 11.6 Å². The van der Waals surface area contributed by atoms with E-state index in [1.165, 1.54) is 0 Å². The molecule has 0 fully saturated rings. The number of aromatic amines is 1. The number of halogens is 1. The molecule has 0 unspecified atom stereocenters. The molecule has 1 amide bonds. The molecule has 118 valence electrons. The lowest BCUT2D eigenvalue weighted by Crippen LogP contribution is -2.20. The van der Waals surface area contributed by atoms with Crippen LogP contribution in [0.15, 0.2) is 12.1 Å². The van der Waals surface area contributed by atoms with Crippen molar-refractivity contribution < 1.29 is 9.59 Å². The van der Waals surface area contributed by atoms with Gasteiger partial charge >= 0.3 is 0 Å². The molecular formula is C17H21ClN2O2. The first kappa shape index (κ1) is 16.6. The van der Waals surface area contributed by atoms with Crippen molar-refractivity contribution in [1.82, 2.24) is 10.3 Å². The smallest absolute Gasteiger partial charge is 0.267 e. The zero-order valence-corrected chi connectivity index (χ0v) is 14.1. The number of rotatable bonds is 5. The largest absolute Gasteiger partial charge is 0.354 e. The number of aryl methyl sites for hydroxylation is 1. The van der Waals surface area contributed by atoms with Gasteiger partial charge in [0.15, 0.2) is 0 Å². The lowest BCUT2D eigenvalue weighted by molar-refractivity contribution is -0.117. The van der Waals surface area contributed by atoms with Crippen molar-refractivity contribution in [2.45, 2.75) is 39.5 Å². The van der Waals surface area contributed by atoms with Crippen molar-refractivity contribution >= 4 is 34.2 Å². The predicted octanol–water partition coefficient (Wildman–Crippen LogP) is 3.96. The van der Waals surface area contributed by atoms with Gasteiger partial charge in [0, 0.05) is 29.4 Å². The number of aromatic nitrogens is 1. The fourth-order valence-electron chi connectivity index (χ4n) is 2.72. The third-order valence-corrected chi connectivity index (χ3v) is 4.40. The van der Waals surface area contributed by atoms with E-state index in [0.29, 0.717) is 23.6 Å². The number of fused-ring (bicyclic) bond motifs is 1. The Bertz CT molecular complexity index is 734. The molecule has 1 aromatic carbocycles. The minimum Gasteiger partial charge on any atom is -0.354 e. The second kappa shape index (κ2) is 6.53. The number of H-pyrrole nitrogens is 1. The average molecular weight is 321 g/mol. The zero-order valence-electron chi connectivity index (χ0n) is 13.3.